The first kappa shape index (κ1) is 15.5. The molecule has 0 saturated heterocycles. The fourth-order valence-corrected chi connectivity index (χ4v) is 2.40. The predicted octanol–water partition coefficient (Wildman–Crippen LogP) is 4.58. The van der Waals surface area contributed by atoms with Crippen molar-refractivity contribution in [3.63, 3.8) is 0 Å². The second-order valence-electron chi connectivity index (χ2n) is 4.50. The van der Waals surface area contributed by atoms with Gasteiger partial charge in [-0.05, 0) is 36.4 Å². The summed E-state index contributed by atoms with van der Waals surface area (Å²) in [7, 11) is 1.92. The summed E-state index contributed by atoms with van der Waals surface area (Å²) in [4.78, 5) is 0. The van der Waals surface area contributed by atoms with Gasteiger partial charge in [-0.3, -0.25) is 0 Å². The largest absolute Gasteiger partial charge is 0.367 e. The maximum Gasteiger partial charge on any atom is 0.0953 e. The van der Waals surface area contributed by atoms with Crippen LogP contribution in [0.5, 0.6) is 0 Å². The number of hydrogen-bond donors (Lipinski definition) is 1. The Morgan fingerprint density at radius 3 is 2.50 bits per heavy atom. The standard InChI is InChI=1S/C16H17BrClNO/c1-19-10-16(12-6-8-14(17)9-7-12)20-11-13-4-2-3-5-15(13)18/h2-9,16,19H,10-11H2,1H3. The van der Waals surface area contributed by atoms with Gasteiger partial charge in [0, 0.05) is 16.0 Å². The van der Waals surface area contributed by atoms with Crippen molar-refractivity contribution in [2.45, 2.75) is 12.7 Å². The molecule has 0 aliphatic heterocycles. The summed E-state index contributed by atoms with van der Waals surface area (Å²) < 4.78 is 7.08. The van der Waals surface area contributed by atoms with Crippen LogP contribution in [-0.2, 0) is 11.3 Å². The highest BCUT2D eigenvalue weighted by atomic mass is 79.9. The molecule has 0 fully saturated rings. The Hall–Kier alpha value is -0.870. The predicted molar refractivity (Wildman–Crippen MR) is 87.1 cm³/mol. The maximum absolute atomic E-state index is 6.15. The first-order valence-electron chi connectivity index (χ1n) is 6.46. The maximum atomic E-state index is 6.15. The first-order valence-corrected chi connectivity index (χ1v) is 7.63. The van der Waals surface area contributed by atoms with E-state index in [0.29, 0.717) is 6.61 Å². The van der Waals surface area contributed by atoms with E-state index in [1.807, 2.05) is 43.4 Å². The van der Waals surface area contributed by atoms with Crippen molar-refractivity contribution in [2.75, 3.05) is 13.6 Å². The van der Waals surface area contributed by atoms with Crippen molar-refractivity contribution in [3.8, 4) is 0 Å². The Morgan fingerprint density at radius 1 is 1.15 bits per heavy atom. The average Bonchev–Trinajstić information content (AvgIpc) is 2.46. The number of ether oxygens (including phenoxy) is 1. The minimum Gasteiger partial charge on any atom is -0.367 e. The molecule has 1 N–H and O–H groups in total. The van der Waals surface area contributed by atoms with Crippen molar-refractivity contribution in [3.05, 3.63) is 69.2 Å². The number of rotatable bonds is 6. The van der Waals surface area contributed by atoms with E-state index in [2.05, 4.69) is 33.4 Å². The van der Waals surface area contributed by atoms with Crippen LogP contribution in [-0.4, -0.2) is 13.6 Å². The first-order chi connectivity index (χ1) is 9.70. The van der Waals surface area contributed by atoms with Gasteiger partial charge in [0.15, 0.2) is 0 Å². The monoisotopic (exact) mass is 353 g/mol. The molecule has 20 heavy (non-hydrogen) atoms. The molecule has 1 atom stereocenters. The molecule has 2 rings (SSSR count). The smallest absolute Gasteiger partial charge is 0.0953 e. The zero-order chi connectivity index (χ0) is 14.4. The summed E-state index contributed by atoms with van der Waals surface area (Å²) >= 11 is 9.59. The molecule has 0 aromatic heterocycles. The van der Waals surface area contributed by atoms with Gasteiger partial charge in [-0.2, -0.15) is 0 Å². The molecule has 2 aromatic carbocycles. The highest BCUT2D eigenvalue weighted by Crippen LogP contribution is 2.23. The molecule has 4 heteroatoms. The molecule has 0 heterocycles. The van der Waals surface area contributed by atoms with Gasteiger partial charge in [0.2, 0.25) is 0 Å². The van der Waals surface area contributed by atoms with Crippen LogP contribution in [0.1, 0.15) is 17.2 Å². The van der Waals surface area contributed by atoms with Crippen LogP contribution in [0.25, 0.3) is 0 Å². The lowest BCUT2D eigenvalue weighted by Crippen LogP contribution is -2.19. The van der Waals surface area contributed by atoms with Gasteiger partial charge >= 0.3 is 0 Å². The van der Waals surface area contributed by atoms with Gasteiger partial charge in [-0.25, -0.2) is 0 Å². The molecule has 0 radical (unpaired) electrons. The number of halogens is 2. The molecular weight excluding hydrogens is 338 g/mol. The molecule has 0 saturated carbocycles. The summed E-state index contributed by atoms with van der Waals surface area (Å²) in [6, 6.07) is 15.9. The third kappa shape index (κ3) is 4.32. The molecule has 2 aromatic rings. The van der Waals surface area contributed by atoms with E-state index < -0.39 is 0 Å². The topological polar surface area (TPSA) is 21.3 Å². The highest BCUT2D eigenvalue weighted by Gasteiger charge is 2.12. The van der Waals surface area contributed by atoms with Gasteiger partial charge in [0.1, 0.15) is 0 Å². The van der Waals surface area contributed by atoms with Crippen LogP contribution in [0.2, 0.25) is 5.02 Å². The average molecular weight is 355 g/mol. The van der Waals surface area contributed by atoms with Gasteiger partial charge in [0.25, 0.3) is 0 Å². The van der Waals surface area contributed by atoms with Crippen molar-refractivity contribution in [1.29, 1.82) is 0 Å². The lowest BCUT2D eigenvalue weighted by atomic mass is 10.1. The Labute approximate surface area is 133 Å². The Bertz CT molecular complexity index is 544. The Morgan fingerprint density at radius 2 is 1.85 bits per heavy atom. The lowest BCUT2D eigenvalue weighted by molar-refractivity contribution is 0.0411. The third-order valence-electron chi connectivity index (χ3n) is 3.03. The van der Waals surface area contributed by atoms with Gasteiger partial charge in [-0.15, -0.1) is 0 Å². The van der Waals surface area contributed by atoms with E-state index in [1.165, 1.54) is 0 Å². The molecule has 0 aliphatic carbocycles. The quantitative estimate of drug-likeness (QED) is 0.820. The van der Waals surface area contributed by atoms with E-state index in [0.717, 1.165) is 27.2 Å². The third-order valence-corrected chi connectivity index (χ3v) is 3.93. The van der Waals surface area contributed by atoms with Gasteiger partial charge in [0.05, 0.1) is 12.7 Å². The van der Waals surface area contributed by atoms with Crippen LogP contribution >= 0.6 is 27.5 Å². The number of benzene rings is 2. The van der Waals surface area contributed by atoms with E-state index >= 15 is 0 Å². The second kappa shape index (κ2) is 7.79. The fourth-order valence-electron chi connectivity index (χ4n) is 1.94. The van der Waals surface area contributed by atoms with E-state index in [1.54, 1.807) is 0 Å². The molecule has 2 nitrogen and oxygen atoms in total. The van der Waals surface area contributed by atoms with Gasteiger partial charge in [-0.1, -0.05) is 57.9 Å². The molecule has 0 bridgehead atoms. The van der Waals surface area contributed by atoms with Crippen LogP contribution in [0.4, 0.5) is 0 Å². The van der Waals surface area contributed by atoms with Gasteiger partial charge < -0.3 is 10.1 Å². The van der Waals surface area contributed by atoms with Crippen molar-refractivity contribution >= 4 is 27.5 Å². The molecular formula is C16H17BrClNO. The Balaban J connectivity index is 2.06. The second-order valence-corrected chi connectivity index (χ2v) is 5.82. The van der Waals surface area contributed by atoms with Crippen LogP contribution < -0.4 is 5.32 Å². The normalized spacial score (nSPS) is 12.3. The summed E-state index contributed by atoms with van der Waals surface area (Å²) in [6.45, 7) is 1.26. The molecule has 0 aliphatic rings. The SMILES string of the molecule is CNCC(OCc1ccccc1Cl)c1ccc(Br)cc1. The van der Waals surface area contributed by atoms with Crippen molar-refractivity contribution in [1.82, 2.24) is 5.32 Å². The number of nitrogens with one attached hydrogen (secondary N) is 1. The molecule has 106 valence electrons. The minimum atomic E-state index is 0.00405. The van der Waals surface area contributed by atoms with E-state index in [-0.39, 0.29) is 6.10 Å². The number of likely N-dealkylation sites (N-methyl/N-ethyl adjacent to an activating group) is 1. The summed E-state index contributed by atoms with van der Waals surface area (Å²) in [5, 5.41) is 3.90. The van der Waals surface area contributed by atoms with E-state index in [9.17, 15) is 0 Å². The van der Waals surface area contributed by atoms with E-state index in [4.69, 9.17) is 16.3 Å². The summed E-state index contributed by atoms with van der Waals surface area (Å²) in [5.74, 6) is 0. The zero-order valence-electron chi connectivity index (χ0n) is 11.3. The molecule has 1 unspecified atom stereocenters. The molecule has 0 amide bonds. The minimum absolute atomic E-state index is 0.00405. The molecule has 0 spiro atoms. The van der Waals surface area contributed by atoms with Crippen LogP contribution in [0.3, 0.4) is 0 Å². The summed E-state index contributed by atoms with van der Waals surface area (Å²) in [6.07, 6.45) is 0.00405. The highest BCUT2D eigenvalue weighted by molar-refractivity contribution is 9.10. The lowest BCUT2D eigenvalue weighted by Gasteiger charge is -2.18. The Kier molecular flexibility index (Phi) is 6.05. The van der Waals surface area contributed by atoms with Crippen molar-refractivity contribution < 1.29 is 4.74 Å². The van der Waals surface area contributed by atoms with Crippen LogP contribution in [0.15, 0.2) is 53.0 Å². The summed E-state index contributed by atoms with van der Waals surface area (Å²) in [5.41, 5.74) is 2.15. The van der Waals surface area contributed by atoms with Crippen molar-refractivity contribution in [2.24, 2.45) is 0 Å². The fraction of sp³-hybridized carbons (Fsp3) is 0.250. The number of hydrogen-bond acceptors (Lipinski definition) is 2. The zero-order valence-corrected chi connectivity index (χ0v) is 13.6. The van der Waals surface area contributed by atoms with Crippen LogP contribution in [0, 0.1) is 0 Å².